The Balaban J connectivity index is 1.90. The number of nitrogens with zero attached hydrogens (tertiary/aromatic N) is 1. The standard InChI is InChI=1S/C22H30N3O9PS/c1-12(2)32-21(29)14(4)24-35(30,34-15-8-6-5-7-9-15)31-11-16-17(26)18(27)20(33-16)25-10-13(3)19(28)23-22(25)36/h5-10,12,14,16-18,20,26-27H,11H2,1-4H3,(H,24,30)(H,23,28,36)/t14-,16-,17?,18+,20-,35?/m0/s1/i11D2. The zero-order valence-electron chi connectivity index (χ0n) is 22.0. The van der Waals surface area contributed by atoms with Gasteiger partial charge in [-0.1, -0.05) is 18.2 Å². The number of hydrogen-bond acceptors (Lipinski definition) is 10. The summed E-state index contributed by atoms with van der Waals surface area (Å²) >= 11 is 5.11. The van der Waals surface area contributed by atoms with Crippen molar-refractivity contribution in [2.45, 2.75) is 64.4 Å². The Morgan fingerprint density at radius 2 is 1.97 bits per heavy atom. The molecule has 2 unspecified atom stereocenters. The van der Waals surface area contributed by atoms with Gasteiger partial charge in [0, 0.05) is 11.8 Å². The Hall–Kier alpha value is -2.38. The Labute approximate surface area is 215 Å². The van der Waals surface area contributed by atoms with Gasteiger partial charge in [0.2, 0.25) is 0 Å². The molecule has 1 fully saturated rings. The lowest BCUT2D eigenvalue weighted by Gasteiger charge is -2.25. The number of ether oxygens (including phenoxy) is 2. The first-order chi connectivity index (χ1) is 17.6. The second kappa shape index (κ2) is 11.8. The molecule has 0 aliphatic carbocycles. The summed E-state index contributed by atoms with van der Waals surface area (Å²) < 4.78 is 53.1. The average molecular weight is 546 g/mol. The van der Waals surface area contributed by atoms with Crippen LogP contribution in [0, 0.1) is 11.7 Å². The minimum atomic E-state index is -4.70. The number of benzene rings is 1. The van der Waals surface area contributed by atoms with E-state index in [0.29, 0.717) is 0 Å². The van der Waals surface area contributed by atoms with Crippen molar-refractivity contribution >= 4 is 25.9 Å². The molecule has 1 saturated heterocycles. The number of aliphatic hydroxyl groups is 2. The van der Waals surface area contributed by atoms with Crippen molar-refractivity contribution in [3.63, 3.8) is 0 Å². The minimum absolute atomic E-state index is 0.0318. The molecule has 1 aromatic carbocycles. The summed E-state index contributed by atoms with van der Waals surface area (Å²) in [5.41, 5.74) is -0.247. The number of hydrogen-bond donors (Lipinski definition) is 4. The quantitative estimate of drug-likeness (QED) is 0.196. The van der Waals surface area contributed by atoms with Gasteiger partial charge in [-0.3, -0.25) is 23.7 Å². The average Bonchev–Trinajstić information content (AvgIpc) is 3.11. The highest BCUT2D eigenvalue weighted by Gasteiger charge is 2.45. The van der Waals surface area contributed by atoms with Crippen molar-refractivity contribution in [3.8, 4) is 5.75 Å². The summed E-state index contributed by atoms with van der Waals surface area (Å²) in [5.74, 6) is -0.763. The molecule has 1 aromatic heterocycles. The van der Waals surface area contributed by atoms with E-state index < -0.39 is 62.5 Å². The Morgan fingerprint density at radius 1 is 1.31 bits per heavy atom. The molecule has 4 N–H and O–H groups in total. The van der Waals surface area contributed by atoms with Crippen LogP contribution in [0.4, 0.5) is 0 Å². The Kier molecular flexibility index (Phi) is 8.27. The number of esters is 1. The summed E-state index contributed by atoms with van der Waals surface area (Å²) in [4.78, 5) is 26.6. The van der Waals surface area contributed by atoms with Gasteiger partial charge >= 0.3 is 13.7 Å². The number of H-pyrrole nitrogens is 1. The van der Waals surface area contributed by atoms with E-state index in [-0.39, 0.29) is 16.1 Å². The number of para-hydroxylation sites is 1. The first-order valence-corrected chi connectivity index (χ1v) is 13.0. The predicted molar refractivity (Wildman–Crippen MR) is 131 cm³/mol. The number of carbonyl (C=O) groups excluding carboxylic acids is 1. The monoisotopic (exact) mass is 545 g/mol. The lowest BCUT2D eigenvalue weighted by Crippen LogP contribution is -2.38. The van der Waals surface area contributed by atoms with Crippen LogP contribution in [0.5, 0.6) is 5.75 Å². The van der Waals surface area contributed by atoms with Crippen LogP contribution in [0.15, 0.2) is 41.3 Å². The van der Waals surface area contributed by atoms with E-state index in [1.54, 1.807) is 32.0 Å². The molecule has 1 aliphatic rings. The molecule has 14 heteroatoms. The van der Waals surface area contributed by atoms with Crippen molar-refractivity contribution in [2.24, 2.45) is 0 Å². The maximum atomic E-state index is 13.8. The SMILES string of the molecule is [2H]C([2H])(OP(=O)(N[C@@H](C)C(=O)OC(C)C)Oc1ccccc1)[C@@H]1O[C@H](n2cc(C)c(=O)[nH]c2=S)[C@H](O)C1O. The van der Waals surface area contributed by atoms with Gasteiger partial charge in [-0.05, 0) is 52.0 Å². The van der Waals surface area contributed by atoms with Gasteiger partial charge in [0.25, 0.3) is 5.56 Å². The molecule has 2 aromatic rings. The van der Waals surface area contributed by atoms with Crippen LogP contribution in [-0.2, 0) is 23.4 Å². The highest BCUT2D eigenvalue weighted by molar-refractivity contribution is 7.71. The molecule has 0 saturated carbocycles. The third-order valence-electron chi connectivity index (χ3n) is 4.97. The molecule has 1 aliphatic heterocycles. The van der Waals surface area contributed by atoms with Crippen molar-refractivity contribution in [1.82, 2.24) is 14.6 Å². The molecule has 6 atom stereocenters. The maximum absolute atomic E-state index is 13.8. The van der Waals surface area contributed by atoms with E-state index in [0.717, 1.165) is 4.57 Å². The van der Waals surface area contributed by atoms with Crippen LogP contribution in [0.3, 0.4) is 0 Å². The van der Waals surface area contributed by atoms with E-state index in [9.17, 15) is 24.4 Å². The maximum Gasteiger partial charge on any atom is 0.459 e. The zero-order valence-corrected chi connectivity index (χ0v) is 21.7. The smallest absolute Gasteiger partial charge is 0.459 e. The summed E-state index contributed by atoms with van der Waals surface area (Å²) in [6.07, 6.45) is -6.09. The van der Waals surface area contributed by atoms with Crippen LogP contribution >= 0.6 is 20.0 Å². The molecule has 0 amide bonds. The van der Waals surface area contributed by atoms with Crippen molar-refractivity contribution in [2.75, 3.05) is 6.56 Å². The van der Waals surface area contributed by atoms with Gasteiger partial charge in [0.15, 0.2) is 11.0 Å². The number of aliphatic hydroxyl groups excluding tert-OH is 2. The topological polar surface area (TPSA) is 161 Å². The number of rotatable bonds is 10. The zero-order chi connectivity index (χ0) is 28.4. The molecule has 12 nitrogen and oxygen atoms in total. The number of nitrogens with one attached hydrogen (secondary N) is 2. The van der Waals surface area contributed by atoms with E-state index >= 15 is 0 Å². The molecule has 198 valence electrons. The molecule has 36 heavy (non-hydrogen) atoms. The van der Waals surface area contributed by atoms with Gasteiger partial charge < -0.3 is 24.2 Å². The van der Waals surface area contributed by atoms with Gasteiger partial charge in [0.1, 0.15) is 30.1 Å². The highest BCUT2D eigenvalue weighted by atomic mass is 32.1. The van der Waals surface area contributed by atoms with Crippen LogP contribution in [0.25, 0.3) is 0 Å². The van der Waals surface area contributed by atoms with Crippen molar-refractivity contribution in [1.29, 1.82) is 0 Å². The lowest BCUT2D eigenvalue weighted by atomic mass is 10.1. The summed E-state index contributed by atoms with van der Waals surface area (Å²) in [6, 6.07) is 6.44. The van der Waals surface area contributed by atoms with E-state index in [2.05, 4.69) is 10.1 Å². The van der Waals surface area contributed by atoms with E-state index in [1.807, 2.05) is 0 Å². The predicted octanol–water partition coefficient (Wildman–Crippen LogP) is 1.97. The summed E-state index contributed by atoms with van der Waals surface area (Å²) in [6.45, 7) is 3.00. The molecule has 2 heterocycles. The fourth-order valence-electron chi connectivity index (χ4n) is 3.20. The number of aromatic nitrogens is 2. The molecule has 0 radical (unpaired) electrons. The van der Waals surface area contributed by atoms with E-state index in [4.69, 9.17) is 33.5 Å². The third kappa shape index (κ3) is 6.88. The number of carbonyl (C=O) groups is 1. The van der Waals surface area contributed by atoms with Gasteiger partial charge in [0.05, 0.1) is 15.4 Å². The second-order valence-electron chi connectivity index (χ2n) is 8.35. The summed E-state index contributed by atoms with van der Waals surface area (Å²) in [5, 5.41) is 23.6. The molecule has 3 rings (SSSR count). The highest BCUT2D eigenvalue weighted by Crippen LogP contribution is 2.46. The van der Waals surface area contributed by atoms with Gasteiger partial charge in [-0.25, -0.2) is 4.57 Å². The lowest BCUT2D eigenvalue weighted by molar-refractivity contribution is -0.149. The first-order valence-electron chi connectivity index (χ1n) is 12.0. The second-order valence-corrected chi connectivity index (χ2v) is 10.4. The van der Waals surface area contributed by atoms with E-state index in [1.165, 1.54) is 32.2 Å². The van der Waals surface area contributed by atoms with Gasteiger partial charge in [-0.15, -0.1) is 0 Å². The van der Waals surface area contributed by atoms with Crippen LogP contribution < -0.4 is 15.2 Å². The molecule has 0 spiro atoms. The third-order valence-corrected chi connectivity index (χ3v) is 6.79. The first kappa shape index (κ1) is 25.3. The molecule has 0 bridgehead atoms. The fourth-order valence-corrected chi connectivity index (χ4v) is 4.81. The molecular weight excluding hydrogens is 513 g/mol. The fraction of sp³-hybridized carbons (Fsp3) is 0.500. The Morgan fingerprint density at radius 3 is 2.61 bits per heavy atom. The van der Waals surface area contributed by atoms with Crippen molar-refractivity contribution < 1.29 is 40.8 Å². The normalized spacial score (nSPS) is 25.5. The van der Waals surface area contributed by atoms with Crippen molar-refractivity contribution in [3.05, 3.63) is 57.2 Å². The molecular formula is C22H30N3O9PS. The van der Waals surface area contributed by atoms with Gasteiger partial charge in [-0.2, -0.15) is 5.09 Å². The van der Waals surface area contributed by atoms with Crippen LogP contribution in [0.1, 0.15) is 35.3 Å². The van der Waals surface area contributed by atoms with Crippen LogP contribution in [-0.4, -0.2) is 62.8 Å². The summed E-state index contributed by atoms with van der Waals surface area (Å²) in [7, 11) is -4.70. The minimum Gasteiger partial charge on any atom is -0.462 e. The number of aryl methyl sites for hydroxylation is 1. The van der Waals surface area contributed by atoms with Crippen LogP contribution in [0.2, 0.25) is 0 Å². The largest absolute Gasteiger partial charge is 0.462 e. The Bertz CT molecular complexity index is 1310. The number of aromatic amines is 1.